The molecule has 4 aliphatic rings. The Kier molecular flexibility index (Phi) is 11.6. The van der Waals surface area contributed by atoms with Gasteiger partial charge in [-0.3, -0.25) is 23.9 Å². The van der Waals surface area contributed by atoms with Gasteiger partial charge in [0, 0.05) is 34.4 Å². The van der Waals surface area contributed by atoms with Gasteiger partial charge in [-0.15, -0.1) is 0 Å². The van der Waals surface area contributed by atoms with Crippen LogP contribution in [-0.4, -0.2) is 68.5 Å². The number of nitrogens with one attached hydrogen (secondary N) is 2. The number of nitrogens with zero attached hydrogens (tertiary/aromatic N) is 5. The van der Waals surface area contributed by atoms with E-state index in [0.29, 0.717) is 36.4 Å². The Bertz CT molecular complexity index is 3050. The summed E-state index contributed by atoms with van der Waals surface area (Å²) < 4.78 is 173. The lowest BCUT2D eigenvalue weighted by molar-refractivity contribution is -0.123. The summed E-state index contributed by atoms with van der Waals surface area (Å²) >= 11 is 6.70. The molecule has 12 nitrogen and oxygen atoms in total. The number of pyridine rings is 1. The molecule has 9 rings (SSSR count). The van der Waals surface area contributed by atoms with Gasteiger partial charge in [-0.25, -0.2) is 43.2 Å². The third kappa shape index (κ3) is 8.56. The molecule has 3 aromatic heterocycles. The quantitative estimate of drug-likeness (QED) is 0.0823. The van der Waals surface area contributed by atoms with Crippen LogP contribution in [0.1, 0.15) is 112 Å². The first kappa shape index (κ1) is 47.2. The first-order valence-corrected chi connectivity index (χ1v) is 25.0. The Labute approximate surface area is 384 Å². The van der Waals surface area contributed by atoms with Crippen LogP contribution in [0.15, 0.2) is 42.5 Å². The maximum atomic E-state index is 15.6. The molecule has 3 saturated carbocycles. The lowest BCUT2D eigenvalue weighted by atomic mass is 9.93. The van der Waals surface area contributed by atoms with Crippen molar-refractivity contribution in [2.24, 2.45) is 5.92 Å². The van der Waals surface area contributed by atoms with Crippen LogP contribution < -0.4 is 10.0 Å². The Morgan fingerprint density at radius 3 is 2.24 bits per heavy atom. The van der Waals surface area contributed by atoms with Crippen LogP contribution in [0.5, 0.6) is 0 Å². The number of sulfone groups is 1. The number of fused-ring (bicyclic) bond motifs is 4. The molecule has 0 saturated heterocycles. The summed E-state index contributed by atoms with van der Waals surface area (Å²) in [6, 6.07) is 6.85. The molecule has 67 heavy (non-hydrogen) atoms. The smallest absolute Gasteiger partial charge is 0.293 e. The minimum Gasteiger partial charge on any atom is -0.346 e. The van der Waals surface area contributed by atoms with E-state index < -0.39 is 120 Å². The molecular formula is C44H44ClF8N7O5S2. The van der Waals surface area contributed by atoms with Crippen LogP contribution in [0, 0.1) is 17.6 Å². The van der Waals surface area contributed by atoms with Crippen molar-refractivity contribution in [1.82, 2.24) is 29.9 Å². The second-order valence-electron chi connectivity index (χ2n) is 18.8. The third-order valence-electron chi connectivity index (χ3n) is 13.5. The van der Waals surface area contributed by atoms with Crippen molar-refractivity contribution in [2.45, 2.75) is 131 Å². The van der Waals surface area contributed by atoms with Crippen LogP contribution >= 0.6 is 11.6 Å². The summed E-state index contributed by atoms with van der Waals surface area (Å²) in [6.45, 7) is 2.61. The predicted octanol–water partition coefficient (Wildman–Crippen LogP) is 9.32. The van der Waals surface area contributed by atoms with Crippen molar-refractivity contribution in [2.75, 3.05) is 4.72 Å². The van der Waals surface area contributed by atoms with Crippen molar-refractivity contribution in [3.8, 4) is 11.1 Å². The van der Waals surface area contributed by atoms with E-state index in [4.69, 9.17) is 16.6 Å². The summed E-state index contributed by atoms with van der Waals surface area (Å²) in [6.07, 6.45) is -4.97. The van der Waals surface area contributed by atoms with Crippen LogP contribution in [-0.2, 0) is 56.5 Å². The van der Waals surface area contributed by atoms with E-state index in [9.17, 15) is 48.0 Å². The van der Waals surface area contributed by atoms with E-state index in [1.807, 2.05) is 0 Å². The second-order valence-corrected chi connectivity index (χ2v) is 24.3. The van der Waals surface area contributed by atoms with E-state index in [2.05, 4.69) is 20.2 Å². The molecule has 3 atom stereocenters. The number of amides is 1. The van der Waals surface area contributed by atoms with Crippen molar-refractivity contribution in [1.29, 1.82) is 0 Å². The summed E-state index contributed by atoms with van der Waals surface area (Å²) in [5.41, 5.74) is -1.85. The highest BCUT2D eigenvalue weighted by Crippen LogP contribution is 2.68. The number of alkyl halides is 6. The summed E-state index contributed by atoms with van der Waals surface area (Å²) in [5.74, 6) is -9.09. The molecule has 0 aliphatic heterocycles. The summed E-state index contributed by atoms with van der Waals surface area (Å²) in [5, 5.41) is 10.0. The number of benzene rings is 2. The molecular weight excluding hydrogens is 958 g/mol. The standard InChI is InChI=1S/C44H44ClF8N7O5S2/c1-42(2,66(62,63)25-5-6-25)11-10-24-4-7-26(27-8-9-30(45)35-38(27)59(19-32(48)49)57-41(35)58-67(64,65)43(3)12-13-43)36(54-24)31(16-21-14-22(46)17-23(47)15-21)55-33(61)20-60-39-34(37(56-60)40(50)51)28-18-29(28)44(39,52)53/h4,7-9,14-15,17,25,28-29,31-32,40H,5-6,10-13,16,18-20H2,1-3H3,(H,55,61)(H,57,58)/t28-,29?,31-/m0/s1. The molecule has 3 fully saturated rings. The van der Waals surface area contributed by atoms with Crippen LogP contribution in [0.25, 0.3) is 22.0 Å². The van der Waals surface area contributed by atoms with Gasteiger partial charge in [-0.05, 0) is 108 Å². The van der Waals surface area contributed by atoms with E-state index >= 15 is 8.78 Å². The van der Waals surface area contributed by atoms with Crippen molar-refractivity contribution < 1.29 is 56.8 Å². The normalized spacial score (nSPS) is 20.0. The van der Waals surface area contributed by atoms with Gasteiger partial charge in [0.2, 0.25) is 15.9 Å². The number of halogens is 9. The highest BCUT2D eigenvalue weighted by Gasteiger charge is 2.67. The topological polar surface area (TPSA) is 158 Å². The second kappa shape index (κ2) is 16.4. The fourth-order valence-corrected chi connectivity index (χ4v) is 12.8. The molecule has 4 aliphatic carbocycles. The first-order valence-electron chi connectivity index (χ1n) is 21.6. The molecule has 2 aromatic carbocycles. The molecule has 1 amide bonds. The highest BCUT2D eigenvalue weighted by molar-refractivity contribution is 7.94. The van der Waals surface area contributed by atoms with Gasteiger partial charge in [0.25, 0.3) is 18.8 Å². The van der Waals surface area contributed by atoms with Gasteiger partial charge in [-0.2, -0.15) is 19.0 Å². The maximum Gasteiger partial charge on any atom is 0.293 e. The van der Waals surface area contributed by atoms with Crippen molar-refractivity contribution >= 4 is 54.1 Å². The third-order valence-corrected chi connectivity index (χ3v) is 19.0. The predicted molar refractivity (Wildman–Crippen MR) is 231 cm³/mol. The van der Waals surface area contributed by atoms with Crippen LogP contribution in [0.2, 0.25) is 5.02 Å². The monoisotopic (exact) mass is 1000 g/mol. The average Bonchev–Trinajstić information content (AvgIpc) is 4.16. The minimum absolute atomic E-state index is 0.0266. The van der Waals surface area contributed by atoms with E-state index in [1.165, 1.54) is 31.2 Å². The fourth-order valence-electron chi connectivity index (χ4n) is 9.21. The first-order chi connectivity index (χ1) is 31.3. The fraction of sp³-hybridized carbons (Fsp3) is 0.500. The molecule has 0 bridgehead atoms. The number of anilines is 1. The molecule has 5 aromatic rings. The number of aryl methyl sites for hydroxylation is 1. The zero-order valence-corrected chi connectivity index (χ0v) is 38.5. The van der Waals surface area contributed by atoms with Crippen LogP contribution in [0.3, 0.4) is 0 Å². The van der Waals surface area contributed by atoms with E-state index in [0.717, 1.165) is 16.8 Å². The van der Waals surface area contributed by atoms with Gasteiger partial charge in [0.1, 0.15) is 36.1 Å². The summed E-state index contributed by atoms with van der Waals surface area (Å²) in [7, 11) is -7.71. The molecule has 0 spiro atoms. The molecule has 360 valence electrons. The molecule has 23 heteroatoms. The number of sulfonamides is 1. The lowest BCUT2D eigenvalue weighted by Gasteiger charge is -2.26. The minimum atomic E-state index is -4.13. The maximum absolute atomic E-state index is 15.6. The lowest BCUT2D eigenvalue weighted by Crippen LogP contribution is -2.36. The van der Waals surface area contributed by atoms with Gasteiger partial charge >= 0.3 is 0 Å². The highest BCUT2D eigenvalue weighted by atomic mass is 35.5. The number of aromatic nitrogens is 5. The molecule has 0 radical (unpaired) electrons. The molecule has 1 unspecified atom stereocenters. The van der Waals surface area contributed by atoms with Crippen LogP contribution in [0.4, 0.5) is 40.9 Å². The van der Waals surface area contributed by atoms with E-state index in [-0.39, 0.29) is 74.6 Å². The Morgan fingerprint density at radius 1 is 0.940 bits per heavy atom. The number of carbonyl (C=O) groups excluding carboxylic acids is 1. The van der Waals surface area contributed by atoms with Crippen molar-refractivity contribution in [3.63, 3.8) is 0 Å². The summed E-state index contributed by atoms with van der Waals surface area (Å²) in [4.78, 5) is 19.1. The van der Waals surface area contributed by atoms with Gasteiger partial charge < -0.3 is 5.32 Å². The zero-order chi connectivity index (χ0) is 48.3. The molecule has 3 heterocycles. The van der Waals surface area contributed by atoms with E-state index in [1.54, 1.807) is 13.8 Å². The van der Waals surface area contributed by atoms with Gasteiger partial charge in [-0.1, -0.05) is 23.7 Å². The van der Waals surface area contributed by atoms with Gasteiger partial charge in [0.05, 0.1) is 42.4 Å². The Morgan fingerprint density at radius 2 is 1.61 bits per heavy atom. The SMILES string of the molecule is CC1(S(=O)(=O)Nc2nn(CC(F)F)c3c(-c4ccc(CCC(C)(C)S(=O)(=O)C5CC5)nc4[C@H](Cc4cc(F)cc(F)c4)NC(=O)Cn4nc(C(F)F)c5c4C(F)(F)C4C[C@H]54)ccc(Cl)c23)CC1. The number of rotatable bonds is 18. The number of carbonyl (C=O) groups is 1. The van der Waals surface area contributed by atoms with Gasteiger partial charge in [0.15, 0.2) is 15.7 Å². The Hall–Kier alpha value is -4.83. The van der Waals surface area contributed by atoms with Crippen molar-refractivity contribution in [3.05, 3.63) is 93.0 Å². The Balaban J connectivity index is 1.19. The largest absolute Gasteiger partial charge is 0.346 e. The zero-order valence-electron chi connectivity index (χ0n) is 36.1. The number of hydrogen-bond acceptors (Lipinski definition) is 8. The average molecular weight is 1000 g/mol. The number of hydrogen-bond donors (Lipinski definition) is 2. The molecule has 2 N–H and O–H groups in total.